The number of hydrogen-bond acceptors (Lipinski definition) is 3. The molecule has 0 aromatic heterocycles. The number of carbonyl (C=O) groups is 1. The Morgan fingerprint density at radius 1 is 1.40 bits per heavy atom. The molecule has 90 valence electrons. The third-order valence-electron chi connectivity index (χ3n) is 3.25. The highest BCUT2D eigenvalue weighted by Gasteiger charge is 2.36. The van der Waals surface area contributed by atoms with Crippen LogP contribution in [0.4, 0.5) is 0 Å². The fourth-order valence-corrected chi connectivity index (χ4v) is 1.27. The Morgan fingerprint density at radius 2 is 1.93 bits per heavy atom. The first-order valence-electron chi connectivity index (χ1n) is 5.66. The van der Waals surface area contributed by atoms with E-state index in [1.165, 1.54) is 0 Å². The first-order chi connectivity index (χ1) is 6.84. The van der Waals surface area contributed by atoms with Gasteiger partial charge in [0.15, 0.2) is 0 Å². The second-order valence-corrected chi connectivity index (χ2v) is 4.86. The van der Waals surface area contributed by atoms with Crippen LogP contribution < -0.4 is 0 Å². The summed E-state index contributed by atoms with van der Waals surface area (Å²) in [4.78, 5) is 13.9. The first-order valence-corrected chi connectivity index (χ1v) is 5.66. The van der Waals surface area contributed by atoms with Crippen molar-refractivity contribution in [3.8, 4) is 0 Å². The van der Waals surface area contributed by atoms with Crippen molar-refractivity contribution in [2.45, 2.75) is 34.1 Å². The summed E-state index contributed by atoms with van der Waals surface area (Å²) in [7, 11) is 3.94. The van der Waals surface area contributed by atoms with Crippen molar-refractivity contribution in [1.29, 1.82) is 0 Å². The maximum atomic E-state index is 11.9. The van der Waals surface area contributed by atoms with Gasteiger partial charge in [-0.25, -0.2) is 0 Å². The summed E-state index contributed by atoms with van der Waals surface area (Å²) in [6.07, 6.45) is 0.825. The van der Waals surface area contributed by atoms with Crippen molar-refractivity contribution < 1.29 is 9.53 Å². The number of likely N-dealkylation sites (N-methyl/N-ethyl adjacent to an activating group) is 1. The van der Waals surface area contributed by atoms with Crippen molar-refractivity contribution in [2.75, 3.05) is 27.2 Å². The standard InChI is InChI=1S/C12H25NO2/c1-7-12(4,10(2)3)11(14)15-9-8-13(5)6/h10H,7-9H2,1-6H3. The predicted molar refractivity (Wildman–Crippen MR) is 62.7 cm³/mol. The summed E-state index contributed by atoms with van der Waals surface area (Å²) < 4.78 is 5.29. The topological polar surface area (TPSA) is 29.5 Å². The molecule has 0 aliphatic carbocycles. The van der Waals surface area contributed by atoms with E-state index in [0.717, 1.165) is 13.0 Å². The van der Waals surface area contributed by atoms with Crippen LogP contribution in [0.25, 0.3) is 0 Å². The van der Waals surface area contributed by atoms with Crippen LogP contribution >= 0.6 is 0 Å². The van der Waals surface area contributed by atoms with E-state index in [4.69, 9.17) is 4.74 Å². The molecule has 0 spiro atoms. The van der Waals surface area contributed by atoms with Crippen molar-refractivity contribution >= 4 is 5.97 Å². The van der Waals surface area contributed by atoms with E-state index in [-0.39, 0.29) is 11.4 Å². The number of ether oxygens (including phenoxy) is 1. The summed E-state index contributed by atoms with van der Waals surface area (Å²) in [6, 6.07) is 0. The van der Waals surface area contributed by atoms with E-state index in [2.05, 4.69) is 13.8 Å². The molecule has 0 N–H and O–H groups in total. The predicted octanol–water partition coefficient (Wildman–Crippen LogP) is 2.16. The van der Waals surface area contributed by atoms with Gasteiger partial charge in [-0.15, -0.1) is 0 Å². The maximum absolute atomic E-state index is 11.9. The molecule has 0 aromatic rings. The van der Waals surface area contributed by atoms with Gasteiger partial charge in [0.25, 0.3) is 0 Å². The van der Waals surface area contributed by atoms with Gasteiger partial charge in [-0.2, -0.15) is 0 Å². The van der Waals surface area contributed by atoms with E-state index < -0.39 is 0 Å². The van der Waals surface area contributed by atoms with Crippen LogP contribution in [0.5, 0.6) is 0 Å². The van der Waals surface area contributed by atoms with Gasteiger partial charge in [0.2, 0.25) is 0 Å². The van der Waals surface area contributed by atoms with E-state index in [0.29, 0.717) is 12.5 Å². The minimum absolute atomic E-state index is 0.0677. The molecule has 0 aromatic carbocycles. The number of nitrogens with zero attached hydrogens (tertiary/aromatic N) is 1. The summed E-state index contributed by atoms with van der Waals surface area (Å²) >= 11 is 0. The van der Waals surface area contributed by atoms with Crippen molar-refractivity contribution in [3.63, 3.8) is 0 Å². The van der Waals surface area contributed by atoms with E-state index in [9.17, 15) is 4.79 Å². The van der Waals surface area contributed by atoms with Crippen LogP contribution in [-0.4, -0.2) is 38.1 Å². The monoisotopic (exact) mass is 215 g/mol. The minimum Gasteiger partial charge on any atom is -0.464 e. The lowest BCUT2D eigenvalue weighted by Gasteiger charge is -2.30. The second kappa shape index (κ2) is 6.11. The molecule has 0 rings (SSSR count). The summed E-state index contributed by atoms with van der Waals surface area (Å²) in [5.74, 6) is 0.246. The van der Waals surface area contributed by atoms with Gasteiger partial charge >= 0.3 is 5.97 Å². The molecule has 3 nitrogen and oxygen atoms in total. The summed E-state index contributed by atoms with van der Waals surface area (Å²) in [5, 5.41) is 0. The molecular weight excluding hydrogens is 190 g/mol. The Labute approximate surface area is 93.8 Å². The number of esters is 1. The fraction of sp³-hybridized carbons (Fsp3) is 0.917. The van der Waals surface area contributed by atoms with Gasteiger partial charge < -0.3 is 9.64 Å². The molecule has 1 unspecified atom stereocenters. The van der Waals surface area contributed by atoms with Crippen LogP contribution in [0.3, 0.4) is 0 Å². The SMILES string of the molecule is CCC(C)(C(=O)OCCN(C)C)C(C)C. The van der Waals surface area contributed by atoms with Crippen molar-refractivity contribution in [3.05, 3.63) is 0 Å². The van der Waals surface area contributed by atoms with Gasteiger partial charge in [0.1, 0.15) is 6.61 Å². The third-order valence-corrected chi connectivity index (χ3v) is 3.25. The maximum Gasteiger partial charge on any atom is 0.312 e. The largest absolute Gasteiger partial charge is 0.464 e. The number of carbonyl (C=O) groups excluding carboxylic acids is 1. The van der Waals surface area contributed by atoms with Gasteiger partial charge in [0.05, 0.1) is 5.41 Å². The van der Waals surface area contributed by atoms with E-state index >= 15 is 0 Å². The lowest BCUT2D eigenvalue weighted by Crippen LogP contribution is -2.35. The Balaban J connectivity index is 4.17. The fourth-order valence-electron chi connectivity index (χ4n) is 1.27. The average Bonchev–Trinajstić information content (AvgIpc) is 2.15. The van der Waals surface area contributed by atoms with Gasteiger partial charge in [0, 0.05) is 6.54 Å². The Hall–Kier alpha value is -0.570. The number of rotatable bonds is 6. The van der Waals surface area contributed by atoms with Crippen LogP contribution in [-0.2, 0) is 9.53 Å². The molecule has 1 atom stereocenters. The molecule has 0 saturated carbocycles. The molecule has 0 aliphatic heterocycles. The summed E-state index contributed by atoms with van der Waals surface area (Å²) in [5.41, 5.74) is -0.341. The molecule has 0 radical (unpaired) electrons. The van der Waals surface area contributed by atoms with Crippen molar-refractivity contribution in [2.24, 2.45) is 11.3 Å². The first kappa shape index (κ1) is 14.4. The van der Waals surface area contributed by atoms with Crippen LogP contribution in [0.2, 0.25) is 0 Å². The highest BCUT2D eigenvalue weighted by Crippen LogP contribution is 2.32. The van der Waals surface area contributed by atoms with Crippen LogP contribution in [0.1, 0.15) is 34.1 Å². The highest BCUT2D eigenvalue weighted by molar-refractivity contribution is 5.76. The van der Waals surface area contributed by atoms with Crippen LogP contribution in [0, 0.1) is 11.3 Å². The van der Waals surface area contributed by atoms with Gasteiger partial charge in [-0.1, -0.05) is 20.8 Å². The second-order valence-electron chi connectivity index (χ2n) is 4.86. The molecule has 0 fully saturated rings. The lowest BCUT2D eigenvalue weighted by molar-refractivity contribution is -0.158. The Morgan fingerprint density at radius 3 is 2.27 bits per heavy atom. The quantitative estimate of drug-likeness (QED) is 0.636. The van der Waals surface area contributed by atoms with E-state index in [1.54, 1.807) is 0 Å². The number of hydrogen-bond donors (Lipinski definition) is 0. The molecule has 3 heteroatoms. The summed E-state index contributed by atoms with van der Waals surface area (Å²) in [6.45, 7) is 9.41. The minimum atomic E-state index is -0.341. The smallest absolute Gasteiger partial charge is 0.312 e. The zero-order chi connectivity index (χ0) is 12.1. The van der Waals surface area contributed by atoms with Crippen molar-refractivity contribution in [1.82, 2.24) is 4.90 Å². The molecule has 0 aliphatic rings. The molecule has 0 bridgehead atoms. The molecule has 0 heterocycles. The lowest BCUT2D eigenvalue weighted by atomic mass is 9.77. The zero-order valence-electron chi connectivity index (χ0n) is 11.0. The Kier molecular flexibility index (Phi) is 5.88. The average molecular weight is 215 g/mol. The molecular formula is C12H25NO2. The normalized spacial score (nSPS) is 15.5. The highest BCUT2D eigenvalue weighted by atomic mass is 16.5. The third kappa shape index (κ3) is 4.20. The molecule has 0 amide bonds. The zero-order valence-corrected chi connectivity index (χ0v) is 11.0. The Bertz CT molecular complexity index is 202. The van der Waals surface area contributed by atoms with Crippen LogP contribution in [0.15, 0.2) is 0 Å². The van der Waals surface area contributed by atoms with E-state index in [1.807, 2.05) is 32.8 Å². The molecule has 0 saturated heterocycles. The van der Waals surface area contributed by atoms with Gasteiger partial charge in [-0.3, -0.25) is 4.79 Å². The molecule has 15 heavy (non-hydrogen) atoms. The van der Waals surface area contributed by atoms with Gasteiger partial charge in [-0.05, 0) is 33.4 Å².